The maximum atomic E-state index is 14.7. The van der Waals surface area contributed by atoms with E-state index in [0.29, 0.717) is 10.6 Å². The Morgan fingerprint density at radius 3 is 2.43 bits per heavy atom. The van der Waals surface area contributed by atoms with Crippen LogP contribution in [0, 0.1) is 5.82 Å². The summed E-state index contributed by atoms with van der Waals surface area (Å²) in [7, 11) is 0. The molecule has 0 fully saturated rings. The minimum Gasteiger partial charge on any atom is -0.481 e. The van der Waals surface area contributed by atoms with Crippen LogP contribution in [0.2, 0.25) is 10.2 Å². The number of ether oxygens (including phenoxy) is 1. The first-order chi connectivity index (χ1) is 17.7. The van der Waals surface area contributed by atoms with Gasteiger partial charge in [0.05, 0.1) is 13.0 Å². The third-order valence-corrected chi connectivity index (χ3v) is 5.42. The van der Waals surface area contributed by atoms with Crippen molar-refractivity contribution in [1.29, 1.82) is 0 Å². The van der Waals surface area contributed by atoms with Gasteiger partial charge in [-0.3, -0.25) is 9.36 Å². The van der Waals surface area contributed by atoms with Crippen LogP contribution in [-0.4, -0.2) is 35.4 Å². The third kappa shape index (κ3) is 6.48. The van der Waals surface area contributed by atoms with Gasteiger partial charge in [-0.15, -0.1) is 10.2 Å². The molecule has 4 rings (SSSR count). The molecule has 0 amide bonds. The highest BCUT2D eigenvalue weighted by Crippen LogP contribution is 2.27. The van der Waals surface area contributed by atoms with Crippen molar-refractivity contribution >= 4 is 40.8 Å². The van der Waals surface area contributed by atoms with Crippen molar-refractivity contribution in [3.63, 3.8) is 0 Å². The third-order valence-electron chi connectivity index (χ3n) is 4.96. The van der Waals surface area contributed by atoms with E-state index >= 15 is 0 Å². The molecule has 2 heterocycles. The number of carboxylic acid groups (broad SMARTS) is 1. The normalized spacial score (nSPS) is 10.8. The number of carbonyl (C=O) groups is 1. The fourth-order valence-electron chi connectivity index (χ4n) is 3.20. The number of aliphatic carboxylic acids is 1. The Balaban J connectivity index is 1.67. The molecule has 0 unspecified atom stereocenters. The van der Waals surface area contributed by atoms with Crippen LogP contribution in [0.1, 0.15) is 12.0 Å². The van der Waals surface area contributed by atoms with Gasteiger partial charge in [0, 0.05) is 29.4 Å². The summed E-state index contributed by atoms with van der Waals surface area (Å²) in [5.41, 5.74) is -0.937. The molecule has 2 N–H and O–H groups in total. The summed E-state index contributed by atoms with van der Waals surface area (Å²) in [6, 6.07) is 13.3. The molecule has 0 saturated carbocycles. The van der Waals surface area contributed by atoms with E-state index < -0.39 is 29.6 Å². The number of anilines is 2. The molecule has 37 heavy (non-hydrogen) atoms. The van der Waals surface area contributed by atoms with Crippen LogP contribution in [0.25, 0.3) is 0 Å². The van der Waals surface area contributed by atoms with E-state index in [9.17, 15) is 18.8 Å². The summed E-state index contributed by atoms with van der Waals surface area (Å²) in [6.45, 7) is -0.396. The zero-order valence-corrected chi connectivity index (χ0v) is 20.3. The lowest BCUT2D eigenvalue weighted by molar-refractivity contribution is -0.137. The molecule has 0 saturated heterocycles. The zero-order valence-electron chi connectivity index (χ0n) is 18.8. The lowest BCUT2D eigenvalue weighted by Crippen LogP contribution is -2.43. The van der Waals surface area contributed by atoms with Crippen LogP contribution >= 0.6 is 23.2 Å². The number of carboxylic acids is 1. The maximum Gasteiger partial charge on any atom is 0.354 e. The summed E-state index contributed by atoms with van der Waals surface area (Å²) >= 11 is 11.6. The standard InChI is InChI=1S/C23H17Cl2FN6O5/c24-14-3-1-13(2-4-14)12-32-21(28-22(35)31(23(32)36)10-9-20(33)34)27-15-5-6-17(16(26)11-15)37-19-8-7-18(25)29-30-19/h1-8,11H,9-10,12H2,(H,33,34)(H,27,28,35). The highest BCUT2D eigenvalue weighted by Gasteiger charge is 2.16. The average Bonchev–Trinajstić information content (AvgIpc) is 2.85. The molecule has 2 aromatic carbocycles. The van der Waals surface area contributed by atoms with Crippen molar-refractivity contribution < 1.29 is 19.0 Å². The van der Waals surface area contributed by atoms with Gasteiger partial charge in [0.1, 0.15) is 0 Å². The molecule has 0 bridgehead atoms. The van der Waals surface area contributed by atoms with Crippen LogP contribution < -0.4 is 21.4 Å². The predicted molar refractivity (Wildman–Crippen MR) is 132 cm³/mol. The SMILES string of the molecule is O=C(O)CCn1c(=O)nc(Nc2ccc(Oc3ccc(Cl)nn3)c(F)c2)n(Cc2ccc(Cl)cc2)c1=O. The molecule has 2 aromatic heterocycles. The highest BCUT2D eigenvalue weighted by atomic mass is 35.5. The minimum absolute atomic E-state index is 0.0208. The lowest BCUT2D eigenvalue weighted by atomic mass is 10.2. The molecule has 0 aliphatic carbocycles. The first-order valence-electron chi connectivity index (χ1n) is 10.6. The number of nitrogens with zero attached hydrogens (tertiary/aromatic N) is 5. The van der Waals surface area contributed by atoms with Crippen molar-refractivity contribution in [3.8, 4) is 11.6 Å². The van der Waals surface area contributed by atoms with Crippen LogP contribution in [0.15, 0.2) is 64.2 Å². The molecular weight excluding hydrogens is 530 g/mol. The molecule has 0 radical (unpaired) electrons. The first kappa shape index (κ1) is 25.8. The number of benzene rings is 2. The fraction of sp³-hybridized carbons (Fsp3) is 0.130. The van der Waals surface area contributed by atoms with Gasteiger partial charge in [0.2, 0.25) is 11.8 Å². The Hall–Kier alpha value is -4.29. The molecule has 0 atom stereocenters. The number of rotatable bonds is 9. The highest BCUT2D eigenvalue weighted by molar-refractivity contribution is 6.30. The van der Waals surface area contributed by atoms with E-state index in [1.54, 1.807) is 24.3 Å². The van der Waals surface area contributed by atoms with Crippen LogP contribution in [0.3, 0.4) is 0 Å². The molecule has 0 aliphatic rings. The topological polar surface area (TPSA) is 141 Å². The smallest absolute Gasteiger partial charge is 0.354 e. The average molecular weight is 547 g/mol. The van der Waals surface area contributed by atoms with Gasteiger partial charge in [-0.25, -0.2) is 18.5 Å². The van der Waals surface area contributed by atoms with Gasteiger partial charge in [-0.05, 0) is 35.9 Å². The Morgan fingerprint density at radius 2 is 1.78 bits per heavy atom. The molecule has 11 nitrogen and oxygen atoms in total. The Kier molecular flexibility index (Phi) is 7.80. The monoisotopic (exact) mass is 546 g/mol. The summed E-state index contributed by atoms with van der Waals surface area (Å²) in [5.74, 6) is -2.26. The van der Waals surface area contributed by atoms with Gasteiger partial charge in [-0.1, -0.05) is 35.3 Å². The van der Waals surface area contributed by atoms with E-state index in [0.717, 1.165) is 15.2 Å². The van der Waals surface area contributed by atoms with E-state index in [4.69, 9.17) is 33.0 Å². The fourth-order valence-corrected chi connectivity index (χ4v) is 3.43. The molecule has 14 heteroatoms. The second-order valence-corrected chi connectivity index (χ2v) is 8.40. The molecule has 190 valence electrons. The van der Waals surface area contributed by atoms with Gasteiger partial charge >= 0.3 is 17.3 Å². The minimum atomic E-state index is -1.18. The predicted octanol–water partition coefficient (Wildman–Crippen LogP) is 3.70. The van der Waals surface area contributed by atoms with E-state index in [-0.39, 0.29) is 41.5 Å². The Labute approximate surface area is 217 Å². The Morgan fingerprint density at radius 1 is 1.03 bits per heavy atom. The summed E-state index contributed by atoms with van der Waals surface area (Å²) in [5, 5.41) is 19.7. The van der Waals surface area contributed by atoms with Crippen LogP contribution in [0.5, 0.6) is 11.6 Å². The summed E-state index contributed by atoms with van der Waals surface area (Å²) in [6.07, 6.45) is -0.449. The van der Waals surface area contributed by atoms with Crippen molar-refractivity contribution in [2.24, 2.45) is 0 Å². The van der Waals surface area contributed by atoms with Crippen LogP contribution in [0.4, 0.5) is 16.0 Å². The van der Waals surface area contributed by atoms with E-state index in [1.807, 2.05) is 0 Å². The summed E-state index contributed by atoms with van der Waals surface area (Å²) < 4.78 is 22.0. The van der Waals surface area contributed by atoms with Crippen LogP contribution in [-0.2, 0) is 17.9 Å². The summed E-state index contributed by atoms with van der Waals surface area (Å²) in [4.78, 5) is 40.6. The number of aromatic nitrogens is 5. The second-order valence-electron chi connectivity index (χ2n) is 7.58. The number of halogens is 3. The maximum absolute atomic E-state index is 14.7. The molecule has 4 aromatic rings. The quantitative estimate of drug-likeness (QED) is 0.321. The van der Waals surface area contributed by atoms with Gasteiger partial charge < -0.3 is 15.2 Å². The number of nitrogens with one attached hydrogen (secondary N) is 1. The van der Waals surface area contributed by atoms with E-state index in [1.165, 1.54) is 24.3 Å². The molecular formula is C23H17Cl2FN6O5. The number of hydrogen-bond acceptors (Lipinski definition) is 8. The van der Waals surface area contributed by atoms with Gasteiger partial charge in [0.15, 0.2) is 16.7 Å². The van der Waals surface area contributed by atoms with Crippen molar-refractivity contribution in [2.45, 2.75) is 19.5 Å². The molecule has 0 spiro atoms. The second kappa shape index (κ2) is 11.2. The lowest BCUT2D eigenvalue weighted by Gasteiger charge is -2.16. The van der Waals surface area contributed by atoms with Crippen molar-refractivity contribution in [3.05, 3.63) is 97.1 Å². The van der Waals surface area contributed by atoms with Gasteiger partial charge in [-0.2, -0.15) is 4.98 Å². The van der Waals surface area contributed by atoms with Crippen molar-refractivity contribution in [1.82, 2.24) is 24.3 Å². The molecule has 0 aliphatic heterocycles. The van der Waals surface area contributed by atoms with Crippen molar-refractivity contribution in [2.75, 3.05) is 5.32 Å². The zero-order chi connectivity index (χ0) is 26.5. The van der Waals surface area contributed by atoms with E-state index in [2.05, 4.69) is 20.5 Å². The van der Waals surface area contributed by atoms with Gasteiger partial charge in [0.25, 0.3) is 0 Å². The largest absolute Gasteiger partial charge is 0.481 e. The first-order valence-corrected chi connectivity index (χ1v) is 11.4. The Bertz CT molecular complexity index is 1560. The number of hydrogen-bond donors (Lipinski definition) is 2.